The summed E-state index contributed by atoms with van der Waals surface area (Å²) in [6, 6.07) is 8.56. The first kappa shape index (κ1) is 12.2. The number of nitrogens with two attached hydrogens (primary N) is 1. The van der Waals surface area contributed by atoms with Crippen LogP contribution in [0.4, 0.5) is 0 Å². The van der Waals surface area contributed by atoms with Gasteiger partial charge in [0, 0.05) is 20.8 Å². The van der Waals surface area contributed by atoms with Crippen LogP contribution in [0.3, 0.4) is 0 Å². The monoisotopic (exact) mass is 323 g/mol. The molecule has 0 radical (unpaired) electrons. The molecule has 94 valence electrons. The van der Waals surface area contributed by atoms with E-state index in [-0.39, 0.29) is 6.04 Å². The van der Waals surface area contributed by atoms with Gasteiger partial charge in [-0.3, -0.25) is 0 Å². The Hall–Kier alpha value is -0.840. The van der Waals surface area contributed by atoms with Crippen LogP contribution in [0.5, 0.6) is 5.75 Å². The van der Waals surface area contributed by atoms with Gasteiger partial charge in [-0.05, 0) is 58.1 Å². The van der Waals surface area contributed by atoms with E-state index < -0.39 is 0 Å². The lowest BCUT2D eigenvalue weighted by Gasteiger charge is -2.08. The molecule has 2 N–H and O–H groups in total. The highest BCUT2D eigenvalue weighted by Gasteiger charge is 2.19. The highest BCUT2D eigenvalue weighted by Crippen LogP contribution is 2.32. The molecule has 0 spiro atoms. The Kier molecular flexibility index (Phi) is 3.41. The average molecular weight is 324 g/mol. The van der Waals surface area contributed by atoms with Crippen molar-refractivity contribution in [2.75, 3.05) is 0 Å². The quantitative estimate of drug-likeness (QED) is 0.925. The molecule has 4 heteroatoms. The smallest absolute Gasteiger partial charge is 0.122 e. The molecule has 1 aliphatic rings. The van der Waals surface area contributed by atoms with E-state index in [1.807, 2.05) is 6.07 Å². The minimum absolute atomic E-state index is 0.210. The largest absolute Gasteiger partial charge is 0.488 e. The molecule has 1 heterocycles. The van der Waals surface area contributed by atoms with Crippen LogP contribution in [0, 0.1) is 0 Å². The molecule has 0 saturated carbocycles. The average Bonchev–Trinajstić information content (AvgIpc) is 2.94. The summed E-state index contributed by atoms with van der Waals surface area (Å²) in [5.41, 5.74) is 8.64. The van der Waals surface area contributed by atoms with Gasteiger partial charge >= 0.3 is 0 Å². The van der Waals surface area contributed by atoms with Crippen molar-refractivity contribution in [2.24, 2.45) is 5.73 Å². The standard InChI is InChI=1S/C14H14BrNOS/c15-10-6-12(18-8-10)7-17-11-2-3-13-9(5-11)1-4-14(13)16/h2-3,5-6,8,14H,1,4,7,16H2/t14-/m1/s1. The lowest BCUT2D eigenvalue weighted by Crippen LogP contribution is -2.04. The van der Waals surface area contributed by atoms with E-state index >= 15 is 0 Å². The number of thiophene rings is 1. The molecule has 0 amide bonds. The molecule has 0 bridgehead atoms. The van der Waals surface area contributed by atoms with Gasteiger partial charge in [0.15, 0.2) is 0 Å². The maximum atomic E-state index is 6.02. The minimum Gasteiger partial charge on any atom is -0.488 e. The molecular weight excluding hydrogens is 310 g/mol. The molecule has 0 saturated heterocycles. The van der Waals surface area contributed by atoms with Crippen LogP contribution in [0.25, 0.3) is 0 Å². The zero-order valence-corrected chi connectivity index (χ0v) is 12.3. The number of rotatable bonds is 3. The van der Waals surface area contributed by atoms with Crippen LogP contribution in [0.15, 0.2) is 34.1 Å². The first-order valence-corrected chi connectivity index (χ1v) is 7.64. The van der Waals surface area contributed by atoms with Crippen molar-refractivity contribution in [2.45, 2.75) is 25.5 Å². The molecule has 3 rings (SSSR count). The van der Waals surface area contributed by atoms with Crippen LogP contribution in [-0.4, -0.2) is 0 Å². The lowest BCUT2D eigenvalue weighted by atomic mass is 10.1. The maximum absolute atomic E-state index is 6.02. The highest BCUT2D eigenvalue weighted by atomic mass is 79.9. The number of ether oxygens (including phenoxy) is 1. The highest BCUT2D eigenvalue weighted by molar-refractivity contribution is 9.10. The molecule has 18 heavy (non-hydrogen) atoms. The second-order valence-electron chi connectivity index (χ2n) is 4.53. The van der Waals surface area contributed by atoms with Crippen molar-refractivity contribution in [3.05, 3.63) is 50.1 Å². The predicted octanol–water partition coefficient (Wildman–Crippen LogP) is 4.04. The van der Waals surface area contributed by atoms with Crippen LogP contribution >= 0.6 is 27.3 Å². The van der Waals surface area contributed by atoms with Gasteiger partial charge in [-0.15, -0.1) is 11.3 Å². The topological polar surface area (TPSA) is 35.2 Å². The number of benzene rings is 1. The Morgan fingerprint density at radius 1 is 1.39 bits per heavy atom. The number of fused-ring (bicyclic) bond motifs is 1. The molecule has 0 fully saturated rings. The fourth-order valence-corrected chi connectivity index (χ4v) is 3.66. The van der Waals surface area contributed by atoms with Crippen molar-refractivity contribution in [1.82, 2.24) is 0 Å². The van der Waals surface area contributed by atoms with Crippen LogP contribution in [0.1, 0.15) is 28.5 Å². The first-order chi connectivity index (χ1) is 8.72. The van der Waals surface area contributed by atoms with Gasteiger partial charge < -0.3 is 10.5 Å². The second-order valence-corrected chi connectivity index (χ2v) is 6.44. The molecule has 2 aromatic rings. The summed E-state index contributed by atoms with van der Waals surface area (Å²) in [6.07, 6.45) is 2.12. The SMILES string of the molecule is N[C@@H]1CCc2cc(OCc3cc(Br)cs3)ccc21. The summed E-state index contributed by atoms with van der Waals surface area (Å²) in [5.74, 6) is 0.937. The predicted molar refractivity (Wildman–Crippen MR) is 78.0 cm³/mol. The Balaban J connectivity index is 1.70. The zero-order valence-electron chi connectivity index (χ0n) is 9.86. The molecule has 2 nitrogen and oxygen atoms in total. The van der Waals surface area contributed by atoms with Crippen molar-refractivity contribution in [3.63, 3.8) is 0 Å². The van der Waals surface area contributed by atoms with Gasteiger partial charge in [0.2, 0.25) is 0 Å². The Morgan fingerprint density at radius 3 is 3.06 bits per heavy atom. The third kappa shape index (κ3) is 2.46. The first-order valence-electron chi connectivity index (χ1n) is 5.96. The summed E-state index contributed by atoms with van der Waals surface area (Å²) in [6.45, 7) is 0.626. The number of hydrogen-bond donors (Lipinski definition) is 1. The summed E-state index contributed by atoms with van der Waals surface area (Å²) in [4.78, 5) is 1.22. The summed E-state index contributed by atoms with van der Waals surface area (Å²) < 4.78 is 6.93. The normalized spacial score (nSPS) is 17.8. The van der Waals surface area contributed by atoms with Gasteiger partial charge in [-0.2, -0.15) is 0 Å². The zero-order chi connectivity index (χ0) is 12.5. The number of halogens is 1. The maximum Gasteiger partial charge on any atom is 0.122 e. The fourth-order valence-electron chi connectivity index (χ4n) is 2.30. The van der Waals surface area contributed by atoms with Gasteiger partial charge in [0.1, 0.15) is 12.4 Å². The van der Waals surface area contributed by atoms with Crippen molar-refractivity contribution in [3.8, 4) is 5.75 Å². The van der Waals surface area contributed by atoms with E-state index in [0.29, 0.717) is 6.61 Å². The van der Waals surface area contributed by atoms with Gasteiger partial charge in [0.25, 0.3) is 0 Å². The lowest BCUT2D eigenvalue weighted by molar-refractivity contribution is 0.309. The molecular formula is C14H14BrNOS. The molecule has 1 atom stereocenters. The summed E-state index contributed by atoms with van der Waals surface area (Å²) in [5, 5.41) is 2.07. The van der Waals surface area contributed by atoms with E-state index in [2.05, 4.69) is 39.5 Å². The van der Waals surface area contributed by atoms with Crippen LogP contribution in [0.2, 0.25) is 0 Å². The van der Waals surface area contributed by atoms with Gasteiger partial charge in [0.05, 0.1) is 0 Å². The van der Waals surface area contributed by atoms with Crippen molar-refractivity contribution < 1.29 is 4.74 Å². The van der Waals surface area contributed by atoms with Crippen molar-refractivity contribution >= 4 is 27.3 Å². The second kappa shape index (κ2) is 5.03. The molecule has 0 unspecified atom stereocenters. The minimum atomic E-state index is 0.210. The van der Waals surface area contributed by atoms with E-state index in [1.165, 1.54) is 16.0 Å². The Labute approximate surface area is 119 Å². The van der Waals surface area contributed by atoms with Crippen LogP contribution in [-0.2, 0) is 13.0 Å². The van der Waals surface area contributed by atoms with Gasteiger partial charge in [-0.25, -0.2) is 0 Å². The molecule has 0 aliphatic heterocycles. The third-order valence-corrected chi connectivity index (χ3v) is 4.91. The van der Waals surface area contributed by atoms with Crippen molar-refractivity contribution in [1.29, 1.82) is 0 Å². The van der Waals surface area contributed by atoms with Crippen LogP contribution < -0.4 is 10.5 Å². The number of aryl methyl sites for hydroxylation is 1. The summed E-state index contributed by atoms with van der Waals surface area (Å²) in [7, 11) is 0. The third-order valence-electron chi connectivity index (χ3n) is 3.24. The van der Waals surface area contributed by atoms with E-state index in [9.17, 15) is 0 Å². The molecule has 1 aliphatic carbocycles. The van der Waals surface area contributed by atoms with E-state index in [1.54, 1.807) is 11.3 Å². The van der Waals surface area contributed by atoms with Gasteiger partial charge in [-0.1, -0.05) is 6.07 Å². The Bertz CT molecular complexity index is 567. The summed E-state index contributed by atoms with van der Waals surface area (Å²) >= 11 is 5.15. The molecule has 1 aromatic carbocycles. The Morgan fingerprint density at radius 2 is 2.28 bits per heavy atom. The fraction of sp³-hybridized carbons (Fsp3) is 0.286. The van der Waals surface area contributed by atoms with E-state index in [0.717, 1.165) is 23.1 Å². The van der Waals surface area contributed by atoms with E-state index in [4.69, 9.17) is 10.5 Å². The number of hydrogen-bond acceptors (Lipinski definition) is 3. The molecule has 1 aromatic heterocycles.